The Bertz CT molecular complexity index is 408. The lowest BCUT2D eigenvalue weighted by molar-refractivity contribution is 1.20. The highest BCUT2D eigenvalue weighted by atomic mass is 28.3. The molecule has 86 valence electrons. The predicted octanol–water partition coefficient (Wildman–Crippen LogP) is 2.60. The van der Waals surface area contributed by atoms with E-state index in [-0.39, 0.29) is 0 Å². The van der Waals surface area contributed by atoms with Gasteiger partial charge in [0, 0.05) is 0 Å². The molecule has 0 aromatic heterocycles. The van der Waals surface area contributed by atoms with Crippen LogP contribution in [0, 0.1) is 0 Å². The summed E-state index contributed by atoms with van der Waals surface area (Å²) in [4.78, 5) is 0. The quantitative estimate of drug-likeness (QED) is 0.555. The van der Waals surface area contributed by atoms with E-state index in [1.165, 1.54) is 16.4 Å². The van der Waals surface area contributed by atoms with Gasteiger partial charge < -0.3 is 0 Å². The minimum atomic E-state index is -1.04. The van der Waals surface area contributed by atoms with E-state index in [0.29, 0.717) is 0 Å². The van der Waals surface area contributed by atoms with E-state index < -0.39 is 8.80 Å². The Morgan fingerprint density at radius 2 is 1.29 bits per heavy atom. The van der Waals surface area contributed by atoms with Crippen molar-refractivity contribution in [3.8, 4) is 0 Å². The first-order valence-corrected chi connectivity index (χ1v) is 8.09. The third-order valence-corrected chi connectivity index (χ3v) is 6.35. The standard InChI is InChI=1S/C16H18Si/c1-2-3-14-17(15-10-6-4-7-11-15)16-12-8-5-9-13-16/h2,4-13,17H,1,3,14H2. The summed E-state index contributed by atoms with van der Waals surface area (Å²) in [7, 11) is -1.04. The summed E-state index contributed by atoms with van der Waals surface area (Å²) in [5.41, 5.74) is 0. The van der Waals surface area contributed by atoms with E-state index in [1.807, 2.05) is 6.08 Å². The molecule has 0 saturated heterocycles. The second-order valence-electron chi connectivity index (χ2n) is 4.24. The van der Waals surface area contributed by atoms with Crippen LogP contribution in [-0.2, 0) is 0 Å². The van der Waals surface area contributed by atoms with Crippen molar-refractivity contribution in [3.63, 3.8) is 0 Å². The van der Waals surface area contributed by atoms with E-state index in [9.17, 15) is 0 Å². The van der Waals surface area contributed by atoms with Gasteiger partial charge in [0.05, 0.1) is 0 Å². The average Bonchev–Trinajstić information content (AvgIpc) is 2.42. The number of benzene rings is 2. The Morgan fingerprint density at radius 1 is 0.824 bits per heavy atom. The van der Waals surface area contributed by atoms with Gasteiger partial charge in [0.15, 0.2) is 0 Å². The minimum Gasteiger partial charge on any atom is -0.103 e. The molecule has 17 heavy (non-hydrogen) atoms. The van der Waals surface area contributed by atoms with Crippen LogP contribution in [-0.4, -0.2) is 8.80 Å². The van der Waals surface area contributed by atoms with Crippen LogP contribution in [0.25, 0.3) is 0 Å². The van der Waals surface area contributed by atoms with Crippen LogP contribution < -0.4 is 10.4 Å². The van der Waals surface area contributed by atoms with Gasteiger partial charge in [-0.1, -0.05) is 77.1 Å². The van der Waals surface area contributed by atoms with E-state index in [1.54, 1.807) is 0 Å². The van der Waals surface area contributed by atoms with Crippen molar-refractivity contribution in [3.05, 3.63) is 73.3 Å². The topological polar surface area (TPSA) is 0 Å². The van der Waals surface area contributed by atoms with Crippen LogP contribution in [0.15, 0.2) is 73.3 Å². The van der Waals surface area contributed by atoms with Crippen LogP contribution >= 0.6 is 0 Å². The molecule has 2 aromatic carbocycles. The van der Waals surface area contributed by atoms with Crippen molar-refractivity contribution >= 4 is 19.2 Å². The lowest BCUT2D eigenvalue weighted by atomic mass is 10.4. The van der Waals surface area contributed by atoms with Crippen molar-refractivity contribution in [2.24, 2.45) is 0 Å². The second-order valence-corrected chi connectivity index (χ2v) is 7.26. The number of hydrogen-bond donors (Lipinski definition) is 0. The summed E-state index contributed by atoms with van der Waals surface area (Å²) >= 11 is 0. The highest BCUT2D eigenvalue weighted by Gasteiger charge is 2.14. The van der Waals surface area contributed by atoms with Crippen molar-refractivity contribution < 1.29 is 0 Å². The van der Waals surface area contributed by atoms with Crippen LogP contribution in [0.4, 0.5) is 0 Å². The van der Waals surface area contributed by atoms with Gasteiger partial charge >= 0.3 is 0 Å². The maximum absolute atomic E-state index is 3.84. The normalized spacial score (nSPS) is 10.4. The third-order valence-electron chi connectivity index (χ3n) is 3.06. The lowest BCUT2D eigenvalue weighted by Crippen LogP contribution is -2.41. The van der Waals surface area contributed by atoms with E-state index in [0.717, 1.165) is 6.42 Å². The van der Waals surface area contributed by atoms with Gasteiger partial charge in [0.1, 0.15) is 8.80 Å². The van der Waals surface area contributed by atoms with Gasteiger partial charge in [0.2, 0.25) is 0 Å². The molecule has 0 radical (unpaired) electrons. The Balaban J connectivity index is 2.29. The molecule has 1 heteroatoms. The molecule has 2 aromatic rings. The summed E-state index contributed by atoms with van der Waals surface area (Å²) in [6.07, 6.45) is 3.15. The first-order valence-electron chi connectivity index (χ1n) is 6.12. The van der Waals surface area contributed by atoms with Gasteiger partial charge in [-0.25, -0.2) is 0 Å². The molecular weight excluding hydrogens is 220 g/mol. The largest absolute Gasteiger partial charge is 0.103 e. The molecule has 2 rings (SSSR count). The smallest absolute Gasteiger partial charge is 0.103 e. The summed E-state index contributed by atoms with van der Waals surface area (Å²) < 4.78 is 0. The molecule has 0 nitrogen and oxygen atoms in total. The fourth-order valence-corrected chi connectivity index (χ4v) is 5.18. The second kappa shape index (κ2) is 6.21. The van der Waals surface area contributed by atoms with Crippen molar-refractivity contribution in [2.75, 3.05) is 0 Å². The Morgan fingerprint density at radius 3 is 1.71 bits per heavy atom. The first-order chi connectivity index (χ1) is 8.42. The molecule has 0 atom stereocenters. The molecule has 0 fully saturated rings. The van der Waals surface area contributed by atoms with Crippen LogP contribution in [0.3, 0.4) is 0 Å². The SMILES string of the molecule is C=CCC[SiH](c1ccccc1)c1ccccc1. The molecule has 0 bridgehead atoms. The van der Waals surface area contributed by atoms with Crippen molar-refractivity contribution in [2.45, 2.75) is 12.5 Å². The molecule has 0 saturated carbocycles. The van der Waals surface area contributed by atoms with E-state index in [4.69, 9.17) is 0 Å². The summed E-state index contributed by atoms with van der Waals surface area (Å²) in [5, 5.41) is 3.06. The van der Waals surface area contributed by atoms with E-state index in [2.05, 4.69) is 67.2 Å². The third kappa shape index (κ3) is 3.18. The van der Waals surface area contributed by atoms with Gasteiger partial charge in [0.25, 0.3) is 0 Å². The summed E-state index contributed by atoms with van der Waals surface area (Å²) in [6.45, 7) is 3.84. The van der Waals surface area contributed by atoms with Gasteiger partial charge in [-0.3, -0.25) is 0 Å². The molecule has 0 aliphatic carbocycles. The molecule has 0 amide bonds. The molecule has 0 spiro atoms. The first kappa shape index (κ1) is 11.9. The maximum atomic E-state index is 3.84. The Labute approximate surface area is 105 Å². The molecular formula is C16H18Si. The Hall–Kier alpha value is -1.60. The highest BCUT2D eigenvalue weighted by Crippen LogP contribution is 2.01. The van der Waals surface area contributed by atoms with Crippen LogP contribution in [0.1, 0.15) is 6.42 Å². The molecule has 0 aliphatic heterocycles. The molecule has 0 aliphatic rings. The van der Waals surface area contributed by atoms with Crippen LogP contribution in [0.5, 0.6) is 0 Å². The monoisotopic (exact) mass is 238 g/mol. The van der Waals surface area contributed by atoms with E-state index >= 15 is 0 Å². The fraction of sp³-hybridized carbons (Fsp3) is 0.125. The van der Waals surface area contributed by atoms with Gasteiger partial charge in [-0.2, -0.15) is 0 Å². The number of hydrogen-bond acceptors (Lipinski definition) is 0. The van der Waals surface area contributed by atoms with Gasteiger partial charge in [-0.15, -0.1) is 6.58 Å². The average molecular weight is 238 g/mol. The molecule has 0 heterocycles. The fourth-order valence-electron chi connectivity index (χ4n) is 2.18. The number of rotatable bonds is 5. The zero-order valence-electron chi connectivity index (χ0n) is 10.0. The maximum Gasteiger partial charge on any atom is 0.103 e. The zero-order valence-corrected chi connectivity index (χ0v) is 11.2. The molecule has 0 N–H and O–H groups in total. The zero-order chi connectivity index (χ0) is 11.9. The number of allylic oxidation sites excluding steroid dienone is 1. The van der Waals surface area contributed by atoms with Crippen molar-refractivity contribution in [1.82, 2.24) is 0 Å². The molecule has 0 unspecified atom stereocenters. The summed E-state index contributed by atoms with van der Waals surface area (Å²) in [6, 6.07) is 23.1. The summed E-state index contributed by atoms with van der Waals surface area (Å²) in [5.74, 6) is 0. The highest BCUT2D eigenvalue weighted by molar-refractivity contribution is 6.85. The lowest BCUT2D eigenvalue weighted by Gasteiger charge is -2.15. The van der Waals surface area contributed by atoms with Gasteiger partial charge in [-0.05, 0) is 12.5 Å². The van der Waals surface area contributed by atoms with Crippen LogP contribution in [0.2, 0.25) is 6.04 Å². The predicted molar refractivity (Wildman–Crippen MR) is 78.9 cm³/mol. The van der Waals surface area contributed by atoms with Crippen molar-refractivity contribution in [1.29, 1.82) is 0 Å². The minimum absolute atomic E-state index is 1.04. The Kier molecular flexibility index (Phi) is 4.34.